The van der Waals surface area contributed by atoms with Crippen LogP contribution in [0.15, 0.2) is 97.3 Å². The Hall–Kier alpha value is -4.39. The fraction of sp³-hybridized carbons (Fsp3) is 0.0800. The summed E-state index contributed by atoms with van der Waals surface area (Å²) < 4.78 is 1.58. The number of amides is 2. The van der Waals surface area contributed by atoms with Gasteiger partial charge in [-0.2, -0.15) is 5.10 Å². The van der Waals surface area contributed by atoms with E-state index >= 15 is 0 Å². The lowest BCUT2D eigenvalue weighted by molar-refractivity contribution is -0.119. The Morgan fingerprint density at radius 2 is 1.50 bits per heavy atom. The molecule has 3 aromatic carbocycles. The molecule has 1 unspecified atom stereocenters. The van der Waals surface area contributed by atoms with E-state index in [1.54, 1.807) is 60.4 Å². The van der Waals surface area contributed by atoms with E-state index in [1.165, 1.54) is 0 Å². The largest absolute Gasteiger partial charge is 0.355 e. The number of carbonyl (C=O) groups is 2. The molecule has 0 saturated heterocycles. The summed E-state index contributed by atoms with van der Waals surface area (Å²) in [5.74, 6) is -0.452. The number of hydrogen-bond acceptors (Lipinski definition) is 4. The Bertz CT molecular complexity index is 1210. The lowest BCUT2D eigenvalue weighted by Crippen LogP contribution is -2.24. The second-order valence-electron chi connectivity index (χ2n) is 7.22. The molecule has 0 aliphatic carbocycles. The zero-order valence-electron chi connectivity index (χ0n) is 17.5. The molecule has 160 valence electrons. The minimum Gasteiger partial charge on any atom is -0.355 e. The molecule has 0 aliphatic heterocycles. The van der Waals surface area contributed by atoms with Crippen molar-refractivity contribution in [2.24, 2.45) is 0 Å². The molecule has 0 aliphatic rings. The third-order valence-electron chi connectivity index (χ3n) is 4.91. The fourth-order valence-electron chi connectivity index (χ4n) is 3.22. The molecule has 4 aromatic rings. The highest BCUT2D eigenvalue weighted by atomic mass is 16.2. The number of nitrogens with one attached hydrogen (secondary N) is 3. The van der Waals surface area contributed by atoms with Crippen molar-refractivity contribution in [3.8, 4) is 0 Å². The van der Waals surface area contributed by atoms with Crippen molar-refractivity contribution in [1.82, 2.24) is 9.78 Å². The van der Waals surface area contributed by atoms with Gasteiger partial charge in [-0.15, -0.1) is 0 Å². The summed E-state index contributed by atoms with van der Waals surface area (Å²) in [6.45, 7) is 1.77. The summed E-state index contributed by atoms with van der Waals surface area (Å²) in [5.41, 5.74) is 3.27. The number of aromatic nitrogens is 2. The summed E-state index contributed by atoms with van der Waals surface area (Å²) in [6, 6.07) is 25.3. The van der Waals surface area contributed by atoms with Gasteiger partial charge in [-0.25, -0.2) is 0 Å². The van der Waals surface area contributed by atoms with Crippen LogP contribution in [0.25, 0.3) is 0 Å². The van der Waals surface area contributed by atoms with Crippen molar-refractivity contribution in [3.63, 3.8) is 0 Å². The Kier molecular flexibility index (Phi) is 6.27. The quantitative estimate of drug-likeness (QED) is 0.385. The van der Waals surface area contributed by atoms with Gasteiger partial charge in [0.15, 0.2) is 0 Å². The number of hydrogen-bond donors (Lipinski definition) is 3. The van der Waals surface area contributed by atoms with Crippen molar-refractivity contribution in [2.75, 3.05) is 16.0 Å². The highest BCUT2D eigenvalue weighted by Crippen LogP contribution is 2.23. The minimum absolute atomic E-state index is 0.199. The first-order valence-electron chi connectivity index (χ1n) is 10.2. The lowest BCUT2D eigenvalue weighted by atomic mass is 10.1. The van der Waals surface area contributed by atoms with Gasteiger partial charge in [0.2, 0.25) is 5.91 Å². The molecule has 4 rings (SSSR count). The molecule has 1 atom stereocenters. The monoisotopic (exact) mass is 425 g/mol. The van der Waals surface area contributed by atoms with E-state index in [9.17, 15) is 9.59 Å². The highest BCUT2D eigenvalue weighted by Gasteiger charge is 2.16. The van der Waals surface area contributed by atoms with Gasteiger partial charge in [0.25, 0.3) is 5.91 Å². The zero-order valence-corrected chi connectivity index (χ0v) is 17.5. The first kappa shape index (κ1) is 20.9. The Labute approximate surface area is 186 Å². The molecule has 3 N–H and O–H groups in total. The third-order valence-corrected chi connectivity index (χ3v) is 4.91. The molecule has 0 saturated carbocycles. The average Bonchev–Trinajstić information content (AvgIpc) is 3.35. The average molecular weight is 425 g/mol. The number of para-hydroxylation sites is 2. The zero-order chi connectivity index (χ0) is 22.3. The van der Waals surface area contributed by atoms with E-state index in [4.69, 9.17) is 0 Å². The standard InChI is InChI=1S/C25H23N5O2/c1-18(30-16-8-15-26-30)24(31)28-20-11-7-12-21(17-20)29-25(32)22-13-5-6-14-23(22)27-19-9-3-2-4-10-19/h2-18,27H,1H3,(H,28,31)(H,29,32). The number of benzene rings is 3. The van der Waals surface area contributed by atoms with Crippen LogP contribution < -0.4 is 16.0 Å². The van der Waals surface area contributed by atoms with Gasteiger partial charge in [-0.1, -0.05) is 36.4 Å². The molecular weight excluding hydrogens is 402 g/mol. The second kappa shape index (κ2) is 9.61. The van der Waals surface area contributed by atoms with Crippen molar-refractivity contribution in [3.05, 3.63) is 103 Å². The molecular formula is C25H23N5O2. The van der Waals surface area contributed by atoms with E-state index in [2.05, 4.69) is 21.0 Å². The van der Waals surface area contributed by atoms with Crippen LogP contribution in [0, 0.1) is 0 Å². The summed E-state index contributed by atoms with van der Waals surface area (Å²) in [6.07, 6.45) is 3.37. The van der Waals surface area contributed by atoms with Gasteiger partial charge in [0, 0.05) is 29.5 Å². The fourth-order valence-corrected chi connectivity index (χ4v) is 3.22. The Morgan fingerprint density at radius 1 is 0.812 bits per heavy atom. The molecule has 0 spiro atoms. The molecule has 0 fully saturated rings. The molecule has 2 amide bonds. The van der Waals surface area contributed by atoms with Gasteiger partial charge in [0.05, 0.1) is 11.3 Å². The normalized spacial score (nSPS) is 11.4. The SMILES string of the molecule is CC(C(=O)Nc1cccc(NC(=O)c2ccccc2Nc2ccccc2)c1)n1cccn1. The molecule has 7 heteroatoms. The lowest BCUT2D eigenvalue weighted by Gasteiger charge is -2.14. The number of rotatable bonds is 7. The van der Waals surface area contributed by atoms with Crippen LogP contribution in [-0.2, 0) is 4.79 Å². The minimum atomic E-state index is -0.459. The van der Waals surface area contributed by atoms with E-state index in [0.717, 1.165) is 5.69 Å². The van der Waals surface area contributed by atoms with Crippen molar-refractivity contribution in [1.29, 1.82) is 0 Å². The molecule has 0 radical (unpaired) electrons. The van der Waals surface area contributed by atoms with E-state index in [-0.39, 0.29) is 11.8 Å². The topological polar surface area (TPSA) is 88.0 Å². The van der Waals surface area contributed by atoms with Crippen molar-refractivity contribution >= 4 is 34.6 Å². The number of carbonyl (C=O) groups excluding carboxylic acids is 2. The van der Waals surface area contributed by atoms with E-state index in [1.807, 2.05) is 48.5 Å². The Morgan fingerprint density at radius 3 is 2.25 bits per heavy atom. The predicted octanol–water partition coefficient (Wildman–Crippen LogP) is 5.08. The van der Waals surface area contributed by atoms with E-state index in [0.29, 0.717) is 22.6 Å². The maximum Gasteiger partial charge on any atom is 0.257 e. The second-order valence-corrected chi connectivity index (χ2v) is 7.22. The maximum absolute atomic E-state index is 13.0. The van der Waals surface area contributed by atoms with Crippen LogP contribution in [0.4, 0.5) is 22.7 Å². The van der Waals surface area contributed by atoms with E-state index < -0.39 is 6.04 Å². The van der Waals surface area contributed by atoms with Crippen LogP contribution in [0.3, 0.4) is 0 Å². The van der Waals surface area contributed by atoms with Crippen LogP contribution in [0.1, 0.15) is 23.3 Å². The number of nitrogens with zero attached hydrogens (tertiary/aromatic N) is 2. The first-order valence-corrected chi connectivity index (χ1v) is 10.2. The maximum atomic E-state index is 13.0. The van der Waals surface area contributed by atoms with Crippen LogP contribution in [0.5, 0.6) is 0 Å². The van der Waals surface area contributed by atoms with Gasteiger partial charge < -0.3 is 16.0 Å². The van der Waals surface area contributed by atoms with Crippen molar-refractivity contribution < 1.29 is 9.59 Å². The predicted molar refractivity (Wildman–Crippen MR) is 126 cm³/mol. The van der Waals surface area contributed by atoms with Gasteiger partial charge >= 0.3 is 0 Å². The first-order chi connectivity index (χ1) is 15.6. The summed E-state index contributed by atoms with van der Waals surface area (Å²) in [5, 5.41) is 13.1. The Balaban J connectivity index is 1.46. The van der Waals surface area contributed by atoms with Crippen LogP contribution in [0.2, 0.25) is 0 Å². The molecule has 0 bridgehead atoms. The highest BCUT2D eigenvalue weighted by molar-refractivity contribution is 6.08. The summed E-state index contributed by atoms with van der Waals surface area (Å²) in [7, 11) is 0. The molecule has 1 aromatic heterocycles. The number of anilines is 4. The smallest absolute Gasteiger partial charge is 0.257 e. The molecule has 7 nitrogen and oxygen atoms in total. The van der Waals surface area contributed by atoms with Crippen LogP contribution >= 0.6 is 0 Å². The molecule has 32 heavy (non-hydrogen) atoms. The summed E-state index contributed by atoms with van der Waals surface area (Å²) >= 11 is 0. The third kappa shape index (κ3) is 5.02. The summed E-state index contributed by atoms with van der Waals surface area (Å²) in [4.78, 5) is 25.5. The van der Waals surface area contributed by atoms with Gasteiger partial charge in [-0.05, 0) is 55.5 Å². The van der Waals surface area contributed by atoms with Crippen LogP contribution in [-0.4, -0.2) is 21.6 Å². The van der Waals surface area contributed by atoms with Gasteiger partial charge in [0.1, 0.15) is 6.04 Å². The molecule has 1 heterocycles. The van der Waals surface area contributed by atoms with Crippen molar-refractivity contribution in [2.45, 2.75) is 13.0 Å². The van der Waals surface area contributed by atoms with Gasteiger partial charge in [-0.3, -0.25) is 14.3 Å².